The average molecular weight is 267 g/mol. The largest absolute Gasteiger partial charge is 0.263 e. The molecule has 1 aliphatic carbocycles. The van der Waals surface area contributed by atoms with E-state index in [2.05, 4.69) is 64.2 Å². The first-order valence-electron chi connectivity index (χ1n) is 7.54. The number of allylic oxidation sites excluding steroid dienone is 10. The van der Waals surface area contributed by atoms with Gasteiger partial charge in [0.1, 0.15) is 0 Å². The number of hydrogen-bond acceptors (Lipinski definition) is 1. The summed E-state index contributed by atoms with van der Waals surface area (Å²) in [6, 6.07) is 0. The van der Waals surface area contributed by atoms with Gasteiger partial charge < -0.3 is 0 Å². The van der Waals surface area contributed by atoms with Gasteiger partial charge in [0.25, 0.3) is 0 Å². The second kappa shape index (κ2) is 6.69. The molecule has 1 aliphatic heterocycles. The molecule has 1 heterocycles. The van der Waals surface area contributed by atoms with Gasteiger partial charge in [-0.1, -0.05) is 42.9 Å². The predicted molar refractivity (Wildman–Crippen MR) is 88.9 cm³/mol. The fourth-order valence-corrected chi connectivity index (χ4v) is 2.52. The first-order valence-corrected chi connectivity index (χ1v) is 7.54. The molecule has 2 rings (SSSR count). The Labute approximate surface area is 123 Å². The van der Waals surface area contributed by atoms with E-state index < -0.39 is 0 Å². The molecular weight excluding hydrogens is 242 g/mol. The highest BCUT2D eigenvalue weighted by atomic mass is 14.7. The Morgan fingerprint density at radius 1 is 1.10 bits per heavy atom. The summed E-state index contributed by atoms with van der Waals surface area (Å²) in [6.07, 6.45) is 16.9. The average Bonchev–Trinajstić information content (AvgIpc) is 2.37. The molecule has 0 aromatic rings. The van der Waals surface area contributed by atoms with Crippen molar-refractivity contribution < 1.29 is 0 Å². The van der Waals surface area contributed by atoms with Crippen LogP contribution in [-0.2, 0) is 0 Å². The minimum atomic E-state index is 0.517. The monoisotopic (exact) mass is 267 g/mol. The van der Waals surface area contributed by atoms with E-state index in [0.717, 1.165) is 25.0 Å². The van der Waals surface area contributed by atoms with Gasteiger partial charge in [-0.05, 0) is 63.2 Å². The van der Waals surface area contributed by atoms with Crippen LogP contribution in [0.3, 0.4) is 0 Å². The van der Waals surface area contributed by atoms with Gasteiger partial charge in [0.15, 0.2) is 0 Å². The molecule has 1 nitrogen and oxygen atoms in total. The molecule has 1 atom stereocenters. The Kier molecular flexibility index (Phi) is 4.94. The van der Waals surface area contributed by atoms with Crippen LogP contribution in [0.15, 0.2) is 63.9 Å². The van der Waals surface area contributed by atoms with Gasteiger partial charge in [0, 0.05) is 11.4 Å². The van der Waals surface area contributed by atoms with Crippen molar-refractivity contribution in [2.24, 2.45) is 10.9 Å². The Morgan fingerprint density at radius 3 is 2.70 bits per heavy atom. The summed E-state index contributed by atoms with van der Waals surface area (Å²) in [5.74, 6) is 0.517. The molecule has 0 amide bonds. The lowest BCUT2D eigenvalue weighted by atomic mass is 9.93. The molecule has 1 unspecified atom stereocenters. The number of hydrogen-bond donors (Lipinski definition) is 0. The van der Waals surface area contributed by atoms with Crippen molar-refractivity contribution in [2.45, 2.75) is 47.0 Å². The molecule has 0 fully saturated rings. The Morgan fingerprint density at radius 2 is 1.90 bits per heavy atom. The number of rotatable bonds is 1. The molecule has 0 N–H and O–H groups in total. The topological polar surface area (TPSA) is 12.4 Å². The molecule has 0 bridgehead atoms. The van der Waals surface area contributed by atoms with E-state index in [4.69, 9.17) is 4.99 Å². The lowest BCUT2D eigenvalue weighted by Crippen LogP contribution is -2.08. The van der Waals surface area contributed by atoms with Crippen LogP contribution < -0.4 is 0 Å². The van der Waals surface area contributed by atoms with Gasteiger partial charge in [-0.2, -0.15) is 0 Å². The van der Waals surface area contributed by atoms with Crippen molar-refractivity contribution >= 4 is 5.71 Å². The van der Waals surface area contributed by atoms with Gasteiger partial charge in [-0.3, -0.25) is 4.99 Å². The summed E-state index contributed by atoms with van der Waals surface area (Å²) in [6.45, 7) is 8.69. The van der Waals surface area contributed by atoms with Gasteiger partial charge in [-0.15, -0.1) is 0 Å². The lowest BCUT2D eigenvalue weighted by molar-refractivity contribution is 0.779. The van der Waals surface area contributed by atoms with Crippen LogP contribution in [0.4, 0.5) is 0 Å². The molecule has 0 saturated heterocycles. The second-order valence-corrected chi connectivity index (χ2v) is 5.91. The molecule has 0 saturated carbocycles. The fraction of sp³-hybridized carbons (Fsp3) is 0.421. The van der Waals surface area contributed by atoms with E-state index in [0.29, 0.717) is 5.92 Å². The zero-order valence-corrected chi connectivity index (χ0v) is 13.1. The van der Waals surface area contributed by atoms with Crippen LogP contribution >= 0.6 is 0 Å². The molecule has 2 aliphatic rings. The van der Waals surface area contributed by atoms with E-state index in [1.54, 1.807) is 0 Å². The van der Waals surface area contributed by atoms with Crippen LogP contribution in [0.1, 0.15) is 47.0 Å². The third-order valence-electron chi connectivity index (χ3n) is 3.97. The van der Waals surface area contributed by atoms with E-state index in [1.165, 1.54) is 22.4 Å². The van der Waals surface area contributed by atoms with Crippen molar-refractivity contribution in [3.63, 3.8) is 0 Å². The van der Waals surface area contributed by atoms with Gasteiger partial charge in [0.2, 0.25) is 0 Å². The van der Waals surface area contributed by atoms with E-state index >= 15 is 0 Å². The van der Waals surface area contributed by atoms with Crippen molar-refractivity contribution in [1.29, 1.82) is 0 Å². The zero-order chi connectivity index (χ0) is 14.5. The summed E-state index contributed by atoms with van der Waals surface area (Å²) >= 11 is 0. The first kappa shape index (κ1) is 14.8. The molecule has 0 aromatic carbocycles. The smallest absolute Gasteiger partial charge is 0.0378 e. The standard InChI is InChI=1S/C19H25N/c1-14-8-6-5-7-9-18(12-14)19-11-10-15(2)17(4)20-16(3)13-19/h5,7,9,11-13,15H,6,8,10H2,1-4H3/b7-5-,14-12?,16-13?,18-9-,19-11-,20-17?. The summed E-state index contributed by atoms with van der Waals surface area (Å²) < 4.78 is 0. The van der Waals surface area contributed by atoms with Crippen LogP contribution in [0.5, 0.6) is 0 Å². The second-order valence-electron chi connectivity index (χ2n) is 5.91. The predicted octanol–water partition coefficient (Wildman–Crippen LogP) is 5.54. The molecule has 0 spiro atoms. The van der Waals surface area contributed by atoms with Crippen molar-refractivity contribution in [2.75, 3.05) is 0 Å². The van der Waals surface area contributed by atoms with Gasteiger partial charge >= 0.3 is 0 Å². The lowest BCUT2D eigenvalue weighted by Gasteiger charge is -2.15. The minimum Gasteiger partial charge on any atom is -0.263 e. The zero-order valence-electron chi connectivity index (χ0n) is 13.1. The quantitative estimate of drug-likeness (QED) is 0.591. The van der Waals surface area contributed by atoms with E-state index in [-0.39, 0.29) is 0 Å². The van der Waals surface area contributed by atoms with Crippen LogP contribution in [0.25, 0.3) is 0 Å². The number of nitrogens with zero attached hydrogens (tertiary/aromatic N) is 1. The highest BCUT2D eigenvalue weighted by Gasteiger charge is 2.10. The third kappa shape index (κ3) is 3.93. The molecule has 1 heteroatoms. The maximum Gasteiger partial charge on any atom is 0.0378 e. The van der Waals surface area contributed by atoms with E-state index in [9.17, 15) is 0 Å². The third-order valence-corrected chi connectivity index (χ3v) is 3.97. The summed E-state index contributed by atoms with van der Waals surface area (Å²) in [5.41, 5.74) is 6.38. The van der Waals surface area contributed by atoms with Crippen molar-refractivity contribution in [1.82, 2.24) is 0 Å². The Bertz CT molecular complexity index is 550. The molecule has 106 valence electrons. The van der Waals surface area contributed by atoms with Crippen LogP contribution in [0, 0.1) is 5.92 Å². The van der Waals surface area contributed by atoms with Crippen molar-refractivity contribution in [3.8, 4) is 0 Å². The molecule has 20 heavy (non-hydrogen) atoms. The summed E-state index contributed by atoms with van der Waals surface area (Å²) in [5, 5.41) is 0. The van der Waals surface area contributed by atoms with Crippen molar-refractivity contribution in [3.05, 3.63) is 58.9 Å². The van der Waals surface area contributed by atoms with Crippen LogP contribution in [-0.4, -0.2) is 5.71 Å². The maximum absolute atomic E-state index is 4.69. The normalized spacial score (nSPS) is 31.0. The van der Waals surface area contributed by atoms with E-state index in [1.807, 2.05) is 0 Å². The SMILES string of the molecule is CC1=CC(/C2=C\CC(C)C(C)=NC(C)=C2)=C/C=C\CC1. The number of aliphatic imine (C=N–C) groups is 1. The van der Waals surface area contributed by atoms with Crippen LogP contribution in [0.2, 0.25) is 0 Å². The molecular formula is C19H25N. The minimum absolute atomic E-state index is 0.517. The highest BCUT2D eigenvalue weighted by Crippen LogP contribution is 2.24. The summed E-state index contributed by atoms with van der Waals surface area (Å²) in [7, 11) is 0. The fourth-order valence-electron chi connectivity index (χ4n) is 2.52. The van der Waals surface area contributed by atoms with Gasteiger partial charge in [0.05, 0.1) is 0 Å². The molecule has 0 aromatic heterocycles. The highest BCUT2D eigenvalue weighted by molar-refractivity contribution is 5.85. The summed E-state index contributed by atoms with van der Waals surface area (Å²) in [4.78, 5) is 4.69. The Balaban J connectivity index is 2.40. The maximum atomic E-state index is 4.69. The Hall–Kier alpha value is -1.63. The van der Waals surface area contributed by atoms with Gasteiger partial charge in [-0.25, -0.2) is 0 Å². The first-order chi connectivity index (χ1) is 9.56. The molecule has 0 radical (unpaired) electrons.